The number of benzene rings is 2. The maximum absolute atomic E-state index is 14.9. The summed E-state index contributed by atoms with van der Waals surface area (Å²) in [7, 11) is 0. The fourth-order valence-corrected chi connectivity index (χ4v) is 4.50. The highest BCUT2D eigenvalue weighted by molar-refractivity contribution is 7.09. The Balaban J connectivity index is 1.69. The minimum absolute atomic E-state index is 0.166. The highest BCUT2D eigenvalue weighted by atomic mass is 32.1. The summed E-state index contributed by atoms with van der Waals surface area (Å²) in [6.45, 7) is 1.73. The van der Waals surface area contributed by atoms with E-state index in [2.05, 4.69) is 4.98 Å². The molecule has 2 aromatic carbocycles. The minimum atomic E-state index is -0.296. The van der Waals surface area contributed by atoms with Crippen LogP contribution >= 0.6 is 11.3 Å². The summed E-state index contributed by atoms with van der Waals surface area (Å²) in [5.41, 5.74) is 3.73. The molecule has 0 radical (unpaired) electrons. The molecule has 0 saturated heterocycles. The van der Waals surface area contributed by atoms with E-state index in [-0.39, 0.29) is 11.4 Å². The van der Waals surface area contributed by atoms with E-state index >= 15 is 0 Å². The fourth-order valence-electron chi connectivity index (χ4n) is 3.79. The first kappa shape index (κ1) is 19.5. The normalized spacial score (nSPS) is 11.3. The maximum Gasteiger partial charge on any atom is 0.278 e. The van der Waals surface area contributed by atoms with Gasteiger partial charge in [-0.05, 0) is 35.6 Å². The number of halogens is 1. The monoisotopic (exact) mass is 429 g/mol. The Bertz CT molecular complexity index is 1370. The van der Waals surface area contributed by atoms with E-state index in [1.807, 2.05) is 53.9 Å². The summed E-state index contributed by atoms with van der Waals surface area (Å²) >= 11 is 1.60. The molecular formula is C25H20FN3OS. The predicted octanol–water partition coefficient (Wildman–Crippen LogP) is 5.36. The first-order chi connectivity index (χ1) is 15.1. The van der Waals surface area contributed by atoms with Crippen LogP contribution in [0.2, 0.25) is 0 Å². The van der Waals surface area contributed by atoms with Gasteiger partial charge in [-0.15, -0.1) is 11.3 Å². The Labute approximate surface area is 183 Å². The Kier molecular flexibility index (Phi) is 5.00. The topological polar surface area (TPSA) is 50.7 Å². The lowest BCUT2D eigenvalue weighted by Crippen LogP contribution is -2.18. The molecule has 2 aliphatic heterocycles. The van der Waals surface area contributed by atoms with E-state index < -0.39 is 0 Å². The lowest BCUT2D eigenvalue weighted by Gasteiger charge is -2.14. The summed E-state index contributed by atoms with van der Waals surface area (Å²) in [5, 5.41) is 1.99. The van der Waals surface area contributed by atoms with Gasteiger partial charge in [-0.1, -0.05) is 48.5 Å². The maximum atomic E-state index is 14.9. The highest BCUT2D eigenvalue weighted by Gasteiger charge is 2.21. The van der Waals surface area contributed by atoms with Crippen LogP contribution in [-0.2, 0) is 12.8 Å². The summed E-state index contributed by atoms with van der Waals surface area (Å²) < 4.78 is 16.4. The zero-order valence-electron chi connectivity index (χ0n) is 16.9. The number of aromatic amines is 1. The Hall–Kier alpha value is -3.51. The smallest absolute Gasteiger partial charge is 0.278 e. The number of aryl methyl sites for hydroxylation is 1. The molecule has 0 aliphatic carbocycles. The van der Waals surface area contributed by atoms with Gasteiger partial charge in [0.2, 0.25) is 0 Å². The second-order valence-electron chi connectivity index (χ2n) is 7.56. The molecule has 0 saturated carbocycles. The molecule has 0 spiro atoms. The largest absolute Gasteiger partial charge is 0.354 e. The number of hydrogen-bond donors (Lipinski definition) is 1. The molecule has 154 valence electrons. The lowest BCUT2D eigenvalue weighted by molar-refractivity contribution is 0.621. The number of hydrogen-bond acceptors (Lipinski definition) is 3. The third-order valence-electron chi connectivity index (χ3n) is 5.38. The van der Waals surface area contributed by atoms with Crippen LogP contribution in [0.3, 0.4) is 0 Å². The van der Waals surface area contributed by atoms with Gasteiger partial charge in [-0.3, -0.25) is 9.36 Å². The molecule has 5 rings (SSSR count). The lowest BCUT2D eigenvalue weighted by atomic mass is 10.1. The van der Waals surface area contributed by atoms with Crippen LogP contribution < -0.4 is 5.56 Å². The Morgan fingerprint density at radius 2 is 1.87 bits per heavy atom. The number of rotatable bonds is 5. The number of fused-ring (bicyclic) bond motifs is 1. The number of imidazole rings is 1. The molecule has 2 aliphatic rings. The van der Waals surface area contributed by atoms with Gasteiger partial charge in [0.05, 0.1) is 11.4 Å². The molecule has 6 heteroatoms. The first-order valence-corrected chi connectivity index (χ1v) is 10.9. The zero-order chi connectivity index (χ0) is 21.4. The van der Waals surface area contributed by atoms with Crippen LogP contribution in [0.15, 0.2) is 77.0 Å². The molecular weight excluding hydrogens is 409 g/mol. The summed E-state index contributed by atoms with van der Waals surface area (Å²) in [6, 6.07) is 19.2. The highest BCUT2D eigenvalue weighted by Crippen LogP contribution is 2.27. The third-order valence-corrected chi connectivity index (χ3v) is 6.25. The predicted molar refractivity (Wildman–Crippen MR) is 122 cm³/mol. The van der Waals surface area contributed by atoms with Gasteiger partial charge in [-0.2, -0.15) is 0 Å². The van der Waals surface area contributed by atoms with E-state index in [4.69, 9.17) is 4.98 Å². The Morgan fingerprint density at radius 3 is 2.65 bits per heavy atom. The second kappa shape index (κ2) is 7.96. The van der Waals surface area contributed by atoms with Gasteiger partial charge in [0.25, 0.3) is 5.56 Å². The molecule has 1 aromatic heterocycles. The van der Waals surface area contributed by atoms with Crippen molar-refractivity contribution in [1.82, 2.24) is 14.5 Å². The van der Waals surface area contributed by atoms with Crippen LogP contribution in [0.1, 0.15) is 27.4 Å². The van der Waals surface area contributed by atoms with Crippen molar-refractivity contribution in [2.24, 2.45) is 0 Å². The van der Waals surface area contributed by atoms with Crippen molar-refractivity contribution in [1.29, 1.82) is 0 Å². The van der Waals surface area contributed by atoms with E-state index in [1.165, 1.54) is 0 Å². The van der Waals surface area contributed by atoms with Crippen LogP contribution in [0.5, 0.6) is 0 Å². The van der Waals surface area contributed by atoms with Crippen LogP contribution in [0.25, 0.3) is 17.1 Å². The first-order valence-electron chi connectivity index (χ1n) is 10.0. The molecule has 0 unspecified atom stereocenters. The Morgan fingerprint density at radius 1 is 1.03 bits per heavy atom. The van der Waals surface area contributed by atoms with E-state index in [9.17, 15) is 9.18 Å². The van der Waals surface area contributed by atoms with Crippen LogP contribution in [0.4, 0.5) is 4.39 Å². The molecule has 0 atom stereocenters. The average Bonchev–Trinajstić information content (AvgIpc) is 3.40. The average molecular weight is 430 g/mol. The molecule has 0 bridgehead atoms. The van der Waals surface area contributed by atoms with Gasteiger partial charge >= 0.3 is 0 Å². The SMILES string of the molecule is Cc1cccc(-c2cn3c(=O)c(Cc4cccs4)nc-3c(Cc3ccccc3)[nH]2)c1F. The summed E-state index contributed by atoms with van der Waals surface area (Å²) in [5.74, 6) is 0.285. The van der Waals surface area contributed by atoms with Crippen molar-refractivity contribution in [2.75, 3.05) is 0 Å². The molecule has 0 amide bonds. The van der Waals surface area contributed by atoms with Gasteiger partial charge in [0, 0.05) is 29.5 Å². The van der Waals surface area contributed by atoms with Gasteiger partial charge in [0.1, 0.15) is 11.5 Å². The number of nitrogens with zero attached hydrogens (tertiary/aromatic N) is 2. The molecule has 1 N–H and O–H groups in total. The standard InChI is InChI=1S/C25H20FN3OS/c1-16-7-5-11-19(23(16)26)22-15-29-24(20(27-22)13-17-8-3-2-4-9-17)28-21(25(29)30)14-18-10-6-12-31-18/h2-12,15,27H,13-14H2,1H3. The van der Waals surface area contributed by atoms with Gasteiger partial charge < -0.3 is 4.98 Å². The van der Waals surface area contributed by atoms with E-state index in [0.717, 1.165) is 16.1 Å². The zero-order valence-corrected chi connectivity index (χ0v) is 17.7. The van der Waals surface area contributed by atoms with Crippen molar-refractivity contribution in [3.05, 3.63) is 116 Å². The molecule has 0 fully saturated rings. The van der Waals surface area contributed by atoms with Crippen molar-refractivity contribution >= 4 is 11.3 Å². The van der Waals surface area contributed by atoms with Crippen LogP contribution in [-0.4, -0.2) is 14.5 Å². The number of nitrogens with one attached hydrogen (secondary N) is 1. The second-order valence-corrected chi connectivity index (χ2v) is 8.59. The minimum Gasteiger partial charge on any atom is -0.354 e. The third kappa shape index (κ3) is 3.70. The quantitative estimate of drug-likeness (QED) is 0.409. The number of aromatic nitrogens is 3. The van der Waals surface area contributed by atoms with Crippen molar-refractivity contribution in [3.8, 4) is 17.1 Å². The fraction of sp³-hybridized carbons (Fsp3) is 0.120. The number of H-pyrrole nitrogens is 1. The molecule has 4 nitrogen and oxygen atoms in total. The van der Waals surface area contributed by atoms with Crippen LogP contribution in [0, 0.1) is 12.7 Å². The van der Waals surface area contributed by atoms with Gasteiger partial charge in [-0.25, -0.2) is 9.37 Å². The van der Waals surface area contributed by atoms with E-state index in [0.29, 0.717) is 41.2 Å². The molecule has 3 aromatic rings. The van der Waals surface area contributed by atoms with E-state index in [1.54, 1.807) is 41.2 Å². The van der Waals surface area contributed by atoms with Gasteiger partial charge in [0.15, 0.2) is 5.82 Å². The van der Waals surface area contributed by atoms with Crippen molar-refractivity contribution < 1.29 is 4.39 Å². The van der Waals surface area contributed by atoms with Crippen molar-refractivity contribution in [3.63, 3.8) is 0 Å². The number of thiophene rings is 1. The molecule has 3 heterocycles. The summed E-state index contributed by atoms with van der Waals surface area (Å²) in [6.07, 6.45) is 2.70. The summed E-state index contributed by atoms with van der Waals surface area (Å²) in [4.78, 5) is 22.3. The van der Waals surface area contributed by atoms with Crippen molar-refractivity contribution in [2.45, 2.75) is 19.8 Å². The molecule has 31 heavy (non-hydrogen) atoms.